The normalized spacial score (nSPS) is 11.0. The molecule has 0 aliphatic rings. The van der Waals surface area contributed by atoms with E-state index in [0.29, 0.717) is 17.9 Å². The highest BCUT2D eigenvalue weighted by molar-refractivity contribution is 5.99. The van der Waals surface area contributed by atoms with E-state index in [4.69, 9.17) is 15.6 Å². The van der Waals surface area contributed by atoms with Gasteiger partial charge in [-0.1, -0.05) is 12.1 Å². The van der Waals surface area contributed by atoms with E-state index in [2.05, 4.69) is 30.9 Å². The Hall–Kier alpha value is -4.96. The molecule has 0 saturated heterocycles. The molecule has 204 valence electrons. The van der Waals surface area contributed by atoms with Crippen molar-refractivity contribution in [2.75, 3.05) is 16.0 Å². The number of hydrogen-bond donors (Lipinski definition) is 6. The number of benzene rings is 2. The standard InChI is InChI=1S/C19H17F3N6O3.C2HF3O2/c20-19(21,22)31-14-6-4-12(5-7-14)26-18(30)27-13-3-1-2-11(8-13)9-24-15-10-25-28-16(15)17(23)29;3-2(4,5)1(6)7/h1-8,10,24H,9H2,(H2,23,29)(H,25,28)(H2,26,27,30);(H,6,7). The summed E-state index contributed by atoms with van der Waals surface area (Å²) in [6.45, 7) is 0.331. The summed E-state index contributed by atoms with van der Waals surface area (Å²) in [5, 5.41) is 21.6. The van der Waals surface area contributed by atoms with Crippen molar-refractivity contribution in [1.82, 2.24) is 10.2 Å². The number of primary amides is 1. The third-order valence-corrected chi connectivity index (χ3v) is 4.13. The van der Waals surface area contributed by atoms with E-state index in [1.807, 2.05) is 0 Å². The maximum atomic E-state index is 12.2. The third-order valence-electron chi connectivity index (χ3n) is 4.13. The van der Waals surface area contributed by atoms with E-state index < -0.39 is 36.2 Å². The van der Waals surface area contributed by atoms with Crippen LogP contribution in [0.2, 0.25) is 0 Å². The molecule has 3 rings (SSSR count). The van der Waals surface area contributed by atoms with E-state index in [1.165, 1.54) is 18.3 Å². The first-order chi connectivity index (χ1) is 17.6. The number of hydrogen-bond acceptors (Lipinski definition) is 6. The number of carboxylic acid groups (broad SMARTS) is 1. The number of aliphatic carboxylic acids is 1. The Morgan fingerprint density at radius 2 is 1.58 bits per heavy atom. The van der Waals surface area contributed by atoms with Gasteiger partial charge >= 0.3 is 24.5 Å². The average Bonchev–Trinajstić information content (AvgIpc) is 3.27. The lowest BCUT2D eigenvalue weighted by molar-refractivity contribution is -0.274. The van der Waals surface area contributed by atoms with E-state index in [1.54, 1.807) is 24.3 Å². The molecule has 1 heterocycles. The number of carbonyl (C=O) groups excluding carboxylic acids is 2. The number of urea groups is 1. The molecule has 17 heteroatoms. The highest BCUT2D eigenvalue weighted by Gasteiger charge is 2.38. The fourth-order valence-corrected chi connectivity index (χ4v) is 2.60. The van der Waals surface area contributed by atoms with E-state index in [-0.39, 0.29) is 11.4 Å². The first-order valence-electron chi connectivity index (χ1n) is 10.0. The van der Waals surface area contributed by atoms with Crippen molar-refractivity contribution in [1.29, 1.82) is 0 Å². The van der Waals surface area contributed by atoms with Crippen LogP contribution in [0.25, 0.3) is 0 Å². The molecule has 0 unspecified atom stereocenters. The Balaban J connectivity index is 0.000000638. The van der Waals surface area contributed by atoms with Gasteiger partial charge in [-0.3, -0.25) is 9.89 Å². The van der Waals surface area contributed by atoms with E-state index in [0.717, 1.165) is 17.7 Å². The molecule has 0 aliphatic carbocycles. The van der Waals surface area contributed by atoms with Crippen LogP contribution in [0.1, 0.15) is 16.1 Å². The van der Waals surface area contributed by atoms with Gasteiger partial charge < -0.3 is 31.5 Å². The van der Waals surface area contributed by atoms with Crippen LogP contribution in [0, 0.1) is 0 Å². The quantitative estimate of drug-likeness (QED) is 0.239. The smallest absolute Gasteiger partial charge is 0.475 e. The number of carbonyl (C=O) groups is 3. The van der Waals surface area contributed by atoms with Crippen molar-refractivity contribution in [2.24, 2.45) is 5.73 Å². The highest BCUT2D eigenvalue weighted by atomic mass is 19.4. The molecule has 0 saturated carbocycles. The SMILES string of the molecule is NC(=O)c1n[nH]cc1NCc1cccc(NC(=O)Nc2ccc(OC(F)(F)F)cc2)c1.O=C(O)C(F)(F)F. The van der Waals surface area contributed by atoms with Gasteiger partial charge in [-0.25, -0.2) is 9.59 Å². The molecule has 0 fully saturated rings. The number of ether oxygens (including phenoxy) is 1. The van der Waals surface area contributed by atoms with Crippen LogP contribution >= 0.6 is 0 Å². The Morgan fingerprint density at radius 1 is 0.974 bits per heavy atom. The van der Waals surface area contributed by atoms with Crippen LogP contribution in [-0.2, 0) is 11.3 Å². The molecule has 0 bridgehead atoms. The maximum Gasteiger partial charge on any atom is 0.573 e. The molecule has 38 heavy (non-hydrogen) atoms. The molecule has 0 spiro atoms. The zero-order valence-electron chi connectivity index (χ0n) is 18.8. The summed E-state index contributed by atoms with van der Waals surface area (Å²) < 4.78 is 72.1. The van der Waals surface area contributed by atoms with E-state index in [9.17, 15) is 35.9 Å². The zero-order chi connectivity index (χ0) is 28.5. The number of halogens is 6. The summed E-state index contributed by atoms with van der Waals surface area (Å²) in [6.07, 6.45) is -8.37. The van der Waals surface area contributed by atoms with E-state index >= 15 is 0 Å². The van der Waals surface area contributed by atoms with Crippen LogP contribution < -0.4 is 26.4 Å². The number of aromatic nitrogens is 2. The van der Waals surface area contributed by atoms with Crippen LogP contribution in [0.4, 0.5) is 48.2 Å². The minimum Gasteiger partial charge on any atom is -0.475 e. The minimum absolute atomic E-state index is 0.0836. The largest absolute Gasteiger partial charge is 0.573 e. The Kier molecular flexibility index (Phi) is 9.50. The summed E-state index contributed by atoms with van der Waals surface area (Å²) in [7, 11) is 0. The average molecular weight is 548 g/mol. The monoisotopic (exact) mass is 548 g/mol. The number of alkyl halides is 6. The number of nitrogens with zero attached hydrogens (tertiary/aromatic N) is 1. The van der Waals surface area contributed by atoms with Crippen molar-refractivity contribution in [3.63, 3.8) is 0 Å². The predicted octanol–water partition coefficient (Wildman–Crippen LogP) is 4.30. The van der Waals surface area contributed by atoms with Crippen LogP contribution in [0.15, 0.2) is 54.7 Å². The van der Waals surface area contributed by atoms with Gasteiger partial charge in [0, 0.05) is 24.1 Å². The molecular weight excluding hydrogens is 530 g/mol. The van der Waals surface area contributed by atoms with Crippen molar-refractivity contribution in [2.45, 2.75) is 19.1 Å². The summed E-state index contributed by atoms with van der Waals surface area (Å²) in [6, 6.07) is 11.1. The van der Waals surface area contributed by atoms with Crippen LogP contribution in [-0.4, -0.2) is 45.8 Å². The molecule has 3 aromatic rings. The van der Waals surface area contributed by atoms with Gasteiger partial charge in [0.05, 0.1) is 5.69 Å². The fourth-order valence-electron chi connectivity index (χ4n) is 2.60. The number of aromatic amines is 1. The number of amides is 3. The lowest BCUT2D eigenvalue weighted by Gasteiger charge is -2.11. The Morgan fingerprint density at radius 3 is 2.13 bits per heavy atom. The summed E-state index contributed by atoms with van der Waals surface area (Å²) >= 11 is 0. The number of nitrogens with one attached hydrogen (secondary N) is 4. The van der Waals surface area contributed by atoms with Gasteiger partial charge in [0.1, 0.15) is 5.75 Å². The fraction of sp³-hybridized carbons (Fsp3) is 0.143. The Labute approximate surface area is 209 Å². The molecule has 1 aromatic heterocycles. The second-order valence-corrected chi connectivity index (χ2v) is 7.02. The highest BCUT2D eigenvalue weighted by Crippen LogP contribution is 2.24. The summed E-state index contributed by atoms with van der Waals surface area (Å²) in [4.78, 5) is 32.3. The first-order valence-corrected chi connectivity index (χ1v) is 10.0. The summed E-state index contributed by atoms with van der Waals surface area (Å²) in [5.41, 5.74) is 7.32. The van der Waals surface area contributed by atoms with Gasteiger partial charge in [-0.05, 0) is 42.0 Å². The predicted molar refractivity (Wildman–Crippen MR) is 120 cm³/mol. The Bertz CT molecular complexity index is 1260. The second kappa shape index (κ2) is 12.3. The first kappa shape index (κ1) is 29.3. The van der Waals surface area contributed by atoms with Gasteiger partial charge in [0.15, 0.2) is 5.69 Å². The molecule has 3 amide bonds. The molecule has 7 N–H and O–H groups in total. The van der Waals surface area contributed by atoms with Gasteiger partial charge in [0.25, 0.3) is 5.91 Å². The number of anilines is 3. The number of H-pyrrole nitrogens is 1. The zero-order valence-corrected chi connectivity index (χ0v) is 18.8. The molecule has 0 atom stereocenters. The summed E-state index contributed by atoms with van der Waals surface area (Å²) in [5.74, 6) is -3.82. The molecule has 2 aromatic carbocycles. The lowest BCUT2D eigenvalue weighted by atomic mass is 10.2. The van der Waals surface area contributed by atoms with Crippen molar-refractivity contribution in [3.05, 3.63) is 66.0 Å². The molecule has 0 radical (unpaired) electrons. The lowest BCUT2D eigenvalue weighted by Crippen LogP contribution is -2.21. The van der Waals surface area contributed by atoms with Crippen molar-refractivity contribution in [3.8, 4) is 5.75 Å². The number of rotatable bonds is 7. The minimum atomic E-state index is -5.08. The maximum absolute atomic E-state index is 12.2. The molecular formula is C21H18F6N6O5. The topological polar surface area (TPSA) is 171 Å². The second-order valence-electron chi connectivity index (χ2n) is 7.02. The number of nitrogens with two attached hydrogens (primary N) is 1. The van der Waals surface area contributed by atoms with Gasteiger partial charge in [-0.15, -0.1) is 13.2 Å². The molecule has 0 aliphatic heterocycles. The number of carboxylic acids is 1. The van der Waals surface area contributed by atoms with Crippen LogP contribution in [0.5, 0.6) is 5.75 Å². The molecule has 11 nitrogen and oxygen atoms in total. The van der Waals surface area contributed by atoms with Crippen LogP contribution in [0.3, 0.4) is 0 Å². The van der Waals surface area contributed by atoms with Crippen molar-refractivity contribution < 1.29 is 50.6 Å². The van der Waals surface area contributed by atoms with Gasteiger partial charge in [-0.2, -0.15) is 18.3 Å². The van der Waals surface area contributed by atoms with Crippen molar-refractivity contribution >= 4 is 35.0 Å². The van der Waals surface area contributed by atoms with Gasteiger partial charge in [0.2, 0.25) is 0 Å². The third kappa shape index (κ3) is 9.96.